The Morgan fingerprint density at radius 1 is 0.833 bits per heavy atom. The molecule has 18 heavy (non-hydrogen) atoms. The summed E-state index contributed by atoms with van der Waals surface area (Å²) in [6.45, 7) is 0.683. The lowest BCUT2D eigenvalue weighted by molar-refractivity contribution is 0.355. The van der Waals surface area contributed by atoms with Crippen LogP contribution in [-0.2, 0) is 10.8 Å². The van der Waals surface area contributed by atoms with Gasteiger partial charge in [0.05, 0.1) is 0 Å². The molecule has 0 amide bonds. The highest BCUT2D eigenvalue weighted by Gasteiger charge is 2.02. The Labute approximate surface area is 110 Å². The van der Waals surface area contributed by atoms with Crippen LogP contribution in [0.1, 0.15) is 5.56 Å². The third-order valence-electron chi connectivity index (χ3n) is 3.31. The first-order chi connectivity index (χ1) is 8.88. The van der Waals surface area contributed by atoms with Crippen LogP contribution in [0, 0.1) is 0 Å². The van der Waals surface area contributed by atoms with Gasteiger partial charge in [0, 0.05) is 6.61 Å². The van der Waals surface area contributed by atoms with Crippen molar-refractivity contribution in [1.82, 2.24) is 0 Å². The van der Waals surface area contributed by atoms with E-state index in [2.05, 4.69) is 65.1 Å². The van der Waals surface area contributed by atoms with Crippen molar-refractivity contribution < 1.29 is 4.43 Å². The van der Waals surface area contributed by atoms with Gasteiger partial charge in [0.25, 0.3) is 0 Å². The van der Waals surface area contributed by atoms with Gasteiger partial charge >= 0.3 is 0 Å². The molecule has 0 bridgehead atoms. The van der Waals surface area contributed by atoms with Gasteiger partial charge in [-0.2, -0.15) is 0 Å². The lowest BCUT2D eigenvalue weighted by Gasteiger charge is -2.08. The molecule has 0 fully saturated rings. The van der Waals surface area contributed by atoms with Crippen LogP contribution in [0.5, 0.6) is 0 Å². The first-order valence-corrected chi connectivity index (χ1v) is 6.48. The highest BCUT2D eigenvalue weighted by Crippen LogP contribution is 2.25. The van der Waals surface area contributed by atoms with Crippen molar-refractivity contribution in [2.45, 2.75) is 6.42 Å². The number of fused-ring (bicyclic) bond motifs is 2. The number of benzene rings is 3. The molecule has 2 heteroatoms. The first-order valence-electron chi connectivity index (χ1n) is 6.07. The van der Waals surface area contributed by atoms with Crippen molar-refractivity contribution >= 4 is 32.0 Å². The van der Waals surface area contributed by atoms with E-state index in [0.29, 0.717) is 6.61 Å². The summed E-state index contributed by atoms with van der Waals surface area (Å²) in [6, 6.07) is 19.4. The molecule has 0 aliphatic heterocycles. The zero-order valence-corrected chi connectivity index (χ0v) is 11.0. The number of rotatable bonds is 3. The van der Waals surface area contributed by atoms with E-state index in [0.717, 1.165) is 6.42 Å². The van der Waals surface area contributed by atoms with Crippen LogP contribution < -0.4 is 0 Å². The second kappa shape index (κ2) is 4.92. The van der Waals surface area contributed by atoms with Crippen molar-refractivity contribution in [3.63, 3.8) is 0 Å². The predicted octanol–water partition coefficient (Wildman–Crippen LogP) is 3.64. The summed E-state index contributed by atoms with van der Waals surface area (Å²) in [5.41, 5.74) is 1.33. The fourth-order valence-corrected chi connectivity index (χ4v) is 2.51. The summed E-state index contributed by atoms with van der Waals surface area (Å²) in [7, 11) is 3.06. The average Bonchev–Trinajstić information content (AvgIpc) is 2.43. The molecule has 3 aromatic carbocycles. The van der Waals surface area contributed by atoms with E-state index < -0.39 is 0 Å². The van der Waals surface area contributed by atoms with E-state index in [1.54, 1.807) is 0 Å². The molecule has 0 aliphatic rings. The van der Waals surface area contributed by atoms with Crippen LogP contribution in [0.15, 0.2) is 54.6 Å². The van der Waals surface area contributed by atoms with Crippen LogP contribution in [0.25, 0.3) is 21.5 Å². The van der Waals surface area contributed by atoms with Crippen molar-refractivity contribution in [3.8, 4) is 0 Å². The summed E-state index contributed by atoms with van der Waals surface area (Å²) in [6.07, 6.45) is 0.916. The number of hydrogen-bond acceptors (Lipinski definition) is 1. The Hall–Kier alpha value is -1.64. The summed E-state index contributed by atoms with van der Waals surface area (Å²) in [5, 5.41) is 5.19. The molecule has 87 valence electrons. The van der Waals surface area contributed by atoms with E-state index in [4.69, 9.17) is 4.43 Å². The molecule has 0 heterocycles. The van der Waals surface area contributed by atoms with Crippen LogP contribution in [-0.4, -0.2) is 17.1 Å². The molecule has 1 nitrogen and oxygen atoms in total. The molecule has 0 saturated heterocycles. The lowest BCUT2D eigenvalue weighted by atomic mass is 9.98. The molecule has 3 aromatic rings. The zero-order chi connectivity index (χ0) is 12.4. The molecular formula is C16H13OSi. The molecule has 0 N–H and O–H groups in total. The highest BCUT2D eigenvalue weighted by molar-refractivity contribution is 5.99. The minimum Gasteiger partial charge on any atom is -0.418 e. The second-order valence-electron chi connectivity index (χ2n) is 4.44. The van der Waals surface area contributed by atoms with Crippen LogP contribution in [0.2, 0.25) is 0 Å². The summed E-state index contributed by atoms with van der Waals surface area (Å²) >= 11 is 0. The Kier molecular flexibility index (Phi) is 3.13. The Morgan fingerprint density at radius 2 is 1.56 bits per heavy atom. The van der Waals surface area contributed by atoms with Gasteiger partial charge in [0.2, 0.25) is 10.5 Å². The smallest absolute Gasteiger partial charge is 0.246 e. The Balaban J connectivity index is 2.22. The Bertz CT molecular complexity index is 691. The molecule has 0 aromatic heterocycles. The van der Waals surface area contributed by atoms with Gasteiger partial charge in [-0.25, -0.2) is 0 Å². The minimum absolute atomic E-state index is 0.683. The zero-order valence-electron chi connectivity index (χ0n) is 10.0. The summed E-state index contributed by atoms with van der Waals surface area (Å²) in [5.74, 6) is 0. The van der Waals surface area contributed by atoms with E-state index >= 15 is 0 Å². The normalized spacial score (nSPS) is 11.2. The molecule has 0 unspecified atom stereocenters. The maximum atomic E-state index is 4.99. The summed E-state index contributed by atoms with van der Waals surface area (Å²) < 4.78 is 4.99. The van der Waals surface area contributed by atoms with Crippen LogP contribution in [0.4, 0.5) is 0 Å². The maximum Gasteiger partial charge on any atom is 0.246 e. The molecular weight excluding hydrogens is 236 g/mol. The van der Waals surface area contributed by atoms with E-state index in [1.807, 2.05) is 0 Å². The van der Waals surface area contributed by atoms with E-state index in [1.165, 1.54) is 27.1 Å². The monoisotopic (exact) mass is 249 g/mol. The van der Waals surface area contributed by atoms with Crippen molar-refractivity contribution in [2.24, 2.45) is 0 Å². The maximum absolute atomic E-state index is 4.99. The fraction of sp³-hybridized carbons (Fsp3) is 0.125. The van der Waals surface area contributed by atoms with Gasteiger partial charge in [0.1, 0.15) is 0 Å². The molecule has 0 atom stereocenters. The van der Waals surface area contributed by atoms with Gasteiger partial charge in [-0.05, 0) is 45.7 Å². The Morgan fingerprint density at radius 3 is 2.33 bits per heavy atom. The molecule has 0 saturated carbocycles. The van der Waals surface area contributed by atoms with Gasteiger partial charge in [0.15, 0.2) is 0 Å². The average molecular weight is 249 g/mol. The number of hydrogen-bond donors (Lipinski definition) is 0. The van der Waals surface area contributed by atoms with E-state index in [9.17, 15) is 0 Å². The third kappa shape index (κ3) is 2.05. The third-order valence-corrected chi connectivity index (χ3v) is 3.51. The highest BCUT2D eigenvalue weighted by atomic mass is 28.2. The van der Waals surface area contributed by atoms with Gasteiger partial charge in [-0.3, -0.25) is 0 Å². The largest absolute Gasteiger partial charge is 0.418 e. The molecule has 3 radical (unpaired) electrons. The predicted molar refractivity (Wildman–Crippen MR) is 76.9 cm³/mol. The second-order valence-corrected chi connectivity index (χ2v) is 4.72. The van der Waals surface area contributed by atoms with Gasteiger partial charge < -0.3 is 4.43 Å². The first kappa shape index (κ1) is 11.4. The van der Waals surface area contributed by atoms with Crippen LogP contribution in [0.3, 0.4) is 0 Å². The SMILES string of the molecule is [Si]OCCc1cccc2cc3ccccc3cc12. The quantitative estimate of drug-likeness (QED) is 0.509. The standard InChI is InChI=1S/C16H13OSi/c18-17-9-8-12-6-3-7-15-10-13-4-1-2-5-14(13)11-16(12)15/h1-7,10-11H,8-9H2. The van der Waals surface area contributed by atoms with E-state index in [-0.39, 0.29) is 0 Å². The van der Waals surface area contributed by atoms with Crippen LogP contribution >= 0.6 is 0 Å². The van der Waals surface area contributed by atoms with Gasteiger partial charge in [-0.1, -0.05) is 42.5 Å². The molecule has 0 spiro atoms. The summed E-state index contributed by atoms with van der Waals surface area (Å²) in [4.78, 5) is 0. The topological polar surface area (TPSA) is 9.23 Å². The molecule has 0 aliphatic carbocycles. The van der Waals surface area contributed by atoms with Crippen molar-refractivity contribution in [1.29, 1.82) is 0 Å². The fourth-order valence-electron chi connectivity index (χ4n) is 2.41. The van der Waals surface area contributed by atoms with Gasteiger partial charge in [-0.15, -0.1) is 0 Å². The van der Waals surface area contributed by atoms with Crippen molar-refractivity contribution in [2.75, 3.05) is 6.61 Å². The van der Waals surface area contributed by atoms with Crippen molar-refractivity contribution in [3.05, 3.63) is 60.2 Å². The lowest BCUT2D eigenvalue weighted by Crippen LogP contribution is -1.96. The molecule has 3 rings (SSSR count). The minimum atomic E-state index is 0.683.